The van der Waals surface area contributed by atoms with Crippen molar-refractivity contribution < 1.29 is 23.1 Å². The fourth-order valence-corrected chi connectivity index (χ4v) is 3.28. The Morgan fingerprint density at radius 2 is 1.85 bits per heavy atom. The molecule has 1 aliphatic heterocycles. The molecule has 1 aliphatic rings. The molecule has 0 radical (unpaired) electrons. The van der Waals surface area contributed by atoms with E-state index in [0.29, 0.717) is 26.1 Å². The highest BCUT2D eigenvalue weighted by atomic mass is 19.1. The summed E-state index contributed by atoms with van der Waals surface area (Å²) < 4.78 is 32.9. The van der Waals surface area contributed by atoms with Crippen LogP contribution in [0.15, 0.2) is 12.1 Å². The van der Waals surface area contributed by atoms with Gasteiger partial charge in [0.25, 0.3) is 5.91 Å². The van der Waals surface area contributed by atoms with Crippen LogP contribution >= 0.6 is 0 Å². The molecule has 8 heteroatoms. The van der Waals surface area contributed by atoms with E-state index in [-0.39, 0.29) is 23.7 Å². The largest absolute Gasteiger partial charge is 0.497 e. The molecule has 0 aliphatic carbocycles. The molecule has 1 fully saturated rings. The van der Waals surface area contributed by atoms with Gasteiger partial charge in [0.05, 0.1) is 13.2 Å². The number of methoxy groups -OCH3 is 1. The number of halogens is 2. The van der Waals surface area contributed by atoms with Crippen LogP contribution < -0.4 is 10.1 Å². The Morgan fingerprint density at radius 1 is 1.27 bits per heavy atom. The monoisotopic (exact) mass is 369 g/mol. The number of ether oxygens (including phenoxy) is 1. The smallest absolute Gasteiger partial charge is 0.257 e. The average Bonchev–Trinajstić information content (AvgIpc) is 2.95. The molecule has 2 amide bonds. The molecule has 0 saturated carbocycles. The third kappa shape index (κ3) is 4.12. The summed E-state index contributed by atoms with van der Waals surface area (Å²) in [5.41, 5.74) is -0.646. The Kier molecular flexibility index (Phi) is 6.52. The maximum atomic E-state index is 14.0. The first-order valence-corrected chi connectivity index (χ1v) is 8.65. The standard InChI is InChI=1S/C18H25F2N3O3/c1-5-23(6-2)18(25)15-7-11(10-22(15)3)21-17(24)16-13(19)8-12(26-4)9-14(16)20/h8-9,11,15H,5-7,10H2,1-4H3,(H,21,24)/t11-,15+/m1/s1. The quantitative estimate of drug-likeness (QED) is 0.828. The Morgan fingerprint density at radius 3 is 2.35 bits per heavy atom. The van der Waals surface area contributed by atoms with Gasteiger partial charge in [-0.15, -0.1) is 0 Å². The molecule has 144 valence electrons. The van der Waals surface area contributed by atoms with Gasteiger partial charge >= 0.3 is 0 Å². The molecule has 2 atom stereocenters. The zero-order valence-corrected chi connectivity index (χ0v) is 15.5. The van der Waals surface area contributed by atoms with E-state index in [1.54, 1.807) is 11.9 Å². The van der Waals surface area contributed by atoms with Crippen molar-refractivity contribution in [3.05, 3.63) is 29.3 Å². The van der Waals surface area contributed by atoms with Gasteiger partial charge in [0, 0.05) is 37.8 Å². The summed E-state index contributed by atoms with van der Waals surface area (Å²) in [5.74, 6) is -2.81. The number of nitrogens with one attached hydrogen (secondary N) is 1. The van der Waals surface area contributed by atoms with Crippen LogP contribution in [0, 0.1) is 11.6 Å². The third-order valence-corrected chi connectivity index (χ3v) is 4.72. The van der Waals surface area contributed by atoms with Crippen LogP contribution in [0.3, 0.4) is 0 Å². The van der Waals surface area contributed by atoms with E-state index < -0.39 is 23.1 Å². The van der Waals surface area contributed by atoms with E-state index in [1.807, 2.05) is 18.7 Å². The molecule has 6 nitrogen and oxygen atoms in total. The van der Waals surface area contributed by atoms with Gasteiger partial charge in [-0.3, -0.25) is 14.5 Å². The van der Waals surface area contributed by atoms with Crippen molar-refractivity contribution in [2.45, 2.75) is 32.4 Å². The van der Waals surface area contributed by atoms with Gasteiger partial charge in [-0.1, -0.05) is 0 Å². The summed E-state index contributed by atoms with van der Waals surface area (Å²) in [6.45, 7) is 5.47. The molecule has 1 aromatic rings. The van der Waals surface area contributed by atoms with Crippen molar-refractivity contribution in [3.8, 4) is 5.75 Å². The van der Waals surface area contributed by atoms with Crippen LogP contribution in [0.4, 0.5) is 8.78 Å². The van der Waals surface area contributed by atoms with Crippen LogP contribution in [0.25, 0.3) is 0 Å². The van der Waals surface area contributed by atoms with Crippen molar-refractivity contribution in [1.82, 2.24) is 15.1 Å². The fraction of sp³-hybridized carbons (Fsp3) is 0.556. The third-order valence-electron chi connectivity index (χ3n) is 4.72. The second-order valence-electron chi connectivity index (χ2n) is 6.34. The summed E-state index contributed by atoms with van der Waals surface area (Å²) in [6, 6.07) is 1.21. The van der Waals surface area contributed by atoms with Crippen molar-refractivity contribution in [2.24, 2.45) is 0 Å². The minimum atomic E-state index is -0.985. The zero-order chi connectivity index (χ0) is 19.4. The number of nitrogens with zero attached hydrogens (tertiary/aromatic N) is 2. The molecular weight excluding hydrogens is 344 g/mol. The maximum Gasteiger partial charge on any atom is 0.257 e. The summed E-state index contributed by atoms with van der Waals surface area (Å²) >= 11 is 0. The summed E-state index contributed by atoms with van der Waals surface area (Å²) in [6.07, 6.45) is 0.400. The Labute approximate surface area is 152 Å². The van der Waals surface area contributed by atoms with Gasteiger partial charge in [0.15, 0.2) is 0 Å². The van der Waals surface area contributed by atoms with Gasteiger partial charge in [0.1, 0.15) is 22.9 Å². The van der Waals surface area contributed by atoms with Crippen LogP contribution in [-0.4, -0.2) is 67.5 Å². The van der Waals surface area contributed by atoms with Gasteiger partial charge in [0.2, 0.25) is 5.91 Å². The second kappa shape index (κ2) is 8.44. The molecule has 0 bridgehead atoms. The lowest BCUT2D eigenvalue weighted by molar-refractivity contribution is -0.135. The number of hydrogen-bond donors (Lipinski definition) is 1. The first-order valence-electron chi connectivity index (χ1n) is 8.65. The molecule has 1 saturated heterocycles. The Hall–Kier alpha value is -2.22. The number of carbonyl (C=O) groups is 2. The van der Waals surface area contributed by atoms with Crippen molar-refractivity contribution in [2.75, 3.05) is 33.8 Å². The number of carbonyl (C=O) groups excluding carboxylic acids is 2. The lowest BCUT2D eigenvalue weighted by Gasteiger charge is -2.26. The minimum absolute atomic E-state index is 0.00188. The van der Waals surface area contributed by atoms with E-state index in [4.69, 9.17) is 4.74 Å². The first-order chi connectivity index (χ1) is 12.3. The van der Waals surface area contributed by atoms with Gasteiger partial charge in [-0.2, -0.15) is 0 Å². The van der Waals surface area contributed by atoms with Gasteiger partial charge in [-0.25, -0.2) is 8.78 Å². The average molecular weight is 369 g/mol. The number of hydrogen-bond acceptors (Lipinski definition) is 4. The number of rotatable bonds is 6. The number of amides is 2. The summed E-state index contributed by atoms with van der Waals surface area (Å²) in [5, 5.41) is 2.63. The summed E-state index contributed by atoms with van der Waals surface area (Å²) in [4.78, 5) is 28.4. The topological polar surface area (TPSA) is 61.9 Å². The van der Waals surface area contributed by atoms with Crippen LogP contribution in [0.1, 0.15) is 30.6 Å². The van der Waals surface area contributed by atoms with Crippen molar-refractivity contribution >= 4 is 11.8 Å². The van der Waals surface area contributed by atoms with E-state index in [0.717, 1.165) is 12.1 Å². The highest BCUT2D eigenvalue weighted by Crippen LogP contribution is 2.22. The van der Waals surface area contributed by atoms with E-state index in [1.165, 1.54) is 7.11 Å². The van der Waals surface area contributed by atoms with Gasteiger partial charge in [-0.05, 0) is 27.3 Å². The molecule has 0 unspecified atom stereocenters. The Balaban J connectivity index is 2.08. The Bertz CT molecular complexity index is 657. The SMILES string of the molecule is CCN(CC)C(=O)[C@@H]1C[C@@H](NC(=O)c2c(F)cc(OC)cc2F)CN1C. The highest BCUT2D eigenvalue weighted by molar-refractivity contribution is 5.95. The second-order valence-corrected chi connectivity index (χ2v) is 6.34. The number of likely N-dealkylation sites (N-methyl/N-ethyl adjacent to an activating group) is 2. The number of likely N-dealkylation sites (tertiary alicyclic amines) is 1. The van der Waals surface area contributed by atoms with Crippen molar-refractivity contribution in [3.63, 3.8) is 0 Å². The van der Waals surface area contributed by atoms with Crippen molar-refractivity contribution in [1.29, 1.82) is 0 Å². The molecule has 0 aromatic heterocycles. The van der Waals surface area contributed by atoms with Crippen LogP contribution in [-0.2, 0) is 4.79 Å². The molecular formula is C18H25F2N3O3. The number of benzene rings is 1. The highest BCUT2D eigenvalue weighted by Gasteiger charge is 2.37. The minimum Gasteiger partial charge on any atom is -0.497 e. The normalized spacial score (nSPS) is 20.1. The zero-order valence-electron chi connectivity index (χ0n) is 15.5. The van der Waals surface area contributed by atoms with E-state index in [9.17, 15) is 18.4 Å². The predicted molar refractivity (Wildman–Crippen MR) is 93.1 cm³/mol. The summed E-state index contributed by atoms with van der Waals surface area (Å²) in [7, 11) is 3.09. The molecule has 1 heterocycles. The predicted octanol–water partition coefficient (Wildman–Crippen LogP) is 1.64. The molecule has 0 spiro atoms. The lowest BCUT2D eigenvalue weighted by Crippen LogP contribution is -2.44. The first kappa shape index (κ1) is 20.1. The van der Waals surface area contributed by atoms with E-state index in [2.05, 4.69) is 5.32 Å². The van der Waals surface area contributed by atoms with Crippen LogP contribution in [0.2, 0.25) is 0 Å². The van der Waals surface area contributed by atoms with Crippen LogP contribution in [0.5, 0.6) is 5.75 Å². The van der Waals surface area contributed by atoms with Gasteiger partial charge < -0.3 is 15.0 Å². The molecule has 2 rings (SSSR count). The van der Waals surface area contributed by atoms with E-state index >= 15 is 0 Å². The maximum absolute atomic E-state index is 14.0. The molecule has 26 heavy (non-hydrogen) atoms. The lowest BCUT2D eigenvalue weighted by atomic mass is 10.1. The molecule has 1 aromatic carbocycles. The molecule has 1 N–H and O–H groups in total. The fourth-order valence-electron chi connectivity index (χ4n) is 3.28.